The molecule has 0 N–H and O–H groups in total. The Labute approximate surface area is 100 Å². The lowest BCUT2D eigenvalue weighted by Gasteiger charge is -2.15. The Balaban J connectivity index is 3.14. The summed E-state index contributed by atoms with van der Waals surface area (Å²) in [5, 5.41) is 0. The zero-order chi connectivity index (χ0) is 12.0. The van der Waals surface area contributed by atoms with Crippen molar-refractivity contribution in [2.24, 2.45) is 0 Å². The Bertz CT molecular complexity index is 347. The lowest BCUT2D eigenvalue weighted by atomic mass is 9.90. The predicted octanol–water partition coefficient (Wildman–Crippen LogP) is 4.80. The third-order valence-corrected chi connectivity index (χ3v) is 3.29. The number of hydrogen-bond acceptors (Lipinski definition) is 0. The molecule has 0 bridgehead atoms. The molecule has 1 aromatic rings. The largest absolute Gasteiger partial charge is 0.0985 e. The van der Waals surface area contributed by atoms with Crippen molar-refractivity contribution in [2.45, 2.75) is 52.9 Å². The molecule has 0 aliphatic heterocycles. The van der Waals surface area contributed by atoms with E-state index in [-0.39, 0.29) is 0 Å². The Morgan fingerprint density at radius 3 is 2.25 bits per heavy atom. The molecule has 0 saturated carbocycles. The molecule has 0 unspecified atom stereocenters. The van der Waals surface area contributed by atoms with Gasteiger partial charge in [-0.25, -0.2) is 0 Å². The number of unbranched alkanes of at least 4 members (excludes halogenated alkanes) is 1. The van der Waals surface area contributed by atoms with E-state index in [4.69, 9.17) is 0 Å². The van der Waals surface area contributed by atoms with Crippen molar-refractivity contribution < 1.29 is 0 Å². The number of rotatable bonds is 6. The van der Waals surface area contributed by atoms with Gasteiger partial charge in [0.25, 0.3) is 0 Å². The van der Waals surface area contributed by atoms with Crippen LogP contribution in [0.15, 0.2) is 18.7 Å². The van der Waals surface area contributed by atoms with Crippen LogP contribution in [0, 0.1) is 0 Å². The standard InChI is InChI=1S/C16H24/c1-5-9-10-14-12-11-13(6-2)15(7-3)16(14)8-4/h6,11-12H,2,5,7-10H2,1,3-4H3. The molecule has 0 atom stereocenters. The van der Waals surface area contributed by atoms with Crippen LogP contribution in [0.5, 0.6) is 0 Å². The van der Waals surface area contributed by atoms with E-state index in [2.05, 4.69) is 39.5 Å². The van der Waals surface area contributed by atoms with E-state index in [9.17, 15) is 0 Å². The maximum Gasteiger partial charge on any atom is -0.0228 e. The molecule has 0 heteroatoms. The number of benzene rings is 1. The first-order chi connectivity index (χ1) is 7.78. The molecule has 0 heterocycles. The summed E-state index contributed by atoms with van der Waals surface area (Å²) in [5.74, 6) is 0. The van der Waals surface area contributed by atoms with Crippen molar-refractivity contribution in [2.75, 3.05) is 0 Å². The molecule has 0 aliphatic carbocycles. The minimum Gasteiger partial charge on any atom is -0.0985 e. The minimum absolute atomic E-state index is 1.12. The highest BCUT2D eigenvalue weighted by molar-refractivity contribution is 5.56. The molecule has 0 spiro atoms. The third-order valence-electron chi connectivity index (χ3n) is 3.29. The van der Waals surface area contributed by atoms with Gasteiger partial charge in [0.1, 0.15) is 0 Å². The highest BCUT2D eigenvalue weighted by Crippen LogP contribution is 2.23. The zero-order valence-corrected chi connectivity index (χ0v) is 11.0. The molecule has 1 rings (SSSR count). The summed E-state index contributed by atoms with van der Waals surface area (Å²) < 4.78 is 0. The summed E-state index contributed by atoms with van der Waals surface area (Å²) in [4.78, 5) is 0. The van der Waals surface area contributed by atoms with Crippen molar-refractivity contribution >= 4 is 6.08 Å². The van der Waals surface area contributed by atoms with Crippen LogP contribution in [-0.4, -0.2) is 0 Å². The number of aryl methyl sites for hydroxylation is 1. The summed E-state index contributed by atoms with van der Waals surface area (Å²) in [5.41, 5.74) is 5.94. The molecular formula is C16H24. The highest BCUT2D eigenvalue weighted by Gasteiger charge is 2.08. The topological polar surface area (TPSA) is 0 Å². The second-order valence-corrected chi connectivity index (χ2v) is 4.29. The molecule has 0 amide bonds. The van der Waals surface area contributed by atoms with Crippen LogP contribution in [-0.2, 0) is 19.3 Å². The summed E-state index contributed by atoms with van der Waals surface area (Å²) in [7, 11) is 0. The Morgan fingerprint density at radius 1 is 1.06 bits per heavy atom. The van der Waals surface area contributed by atoms with Crippen LogP contribution in [0.25, 0.3) is 6.08 Å². The van der Waals surface area contributed by atoms with E-state index in [1.165, 1.54) is 30.4 Å². The molecule has 16 heavy (non-hydrogen) atoms. The molecule has 1 aromatic carbocycles. The van der Waals surface area contributed by atoms with Crippen LogP contribution in [0.1, 0.15) is 55.9 Å². The summed E-state index contributed by atoms with van der Waals surface area (Å²) in [6.45, 7) is 10.7. The lowest BCUT2D eigenvalue weighted by molar-refractivity contribution is 0.784. The lowest BCUT2D eigenvalue weighted by Crippen LogP contribution is -2.01. The summed E-state index contributed by atoms with van der Waals surface area (Å²) in [6, 6.07) is 4.53. The Hall–Kier alpha value is -1.04. The van der Waals surface area contributed by atoms with E-state index in [0.717, 1.165) is 12.8 Å². The van der Waals surface area contributed by atoms with Crippen LogP contribution in [0.4, 0.5) is 0 Å². The van der Waals surface area contributed by atoms with E-state index in [1.54, 1.807) is 11.1 Å². The van der Waals surface area contributed by atoms with Crippen molar-refractivity contribution in [1.29, 1.82) is 0 Å². The first-order valence-corrected chi connectivity index (χ1v) is 6.54. The normalized spacial score (nSPS) is 10.4. The molecule has 0 fully saturated rings. The second-order valence-electron chi connectivity index (χ2n) is 4.29. The van der Waals surface area contributed by atoms with Crippen LogP contribution >= 0.6 is 0 Å². The summed E-state index contributed by atoms with van der Waals surface area (Å²) >= 11 is 0. The van der Waals surface area contributed by atoms with Gasteiger partial charge >= 0.3 is 0 Å². The van der Waals surface area contributed by atoms with Crippen LogP contribution < -0.4 is 0 Å². The maximum atomic E-state index is 3.91. The highest BCUT2D eigenvalue weighted by atomic mass is 14.1. The van der Waals surface area contributed by atoms with Crippen molar-refractivity contribution in [1.82, 2.24) is 0 Å². The van der Waals surface area contributed by atoms with E-state index < -0.39 is 0 Å². The van der Waals surface area contributed by atoms with Crippen molar-refractivity contribution in [3.05, 3.63) is 41.0 Å². The zero-order valence-electron chi connectivity index (χ0n) is 11.0. The van der Waals surface area contributed by atoms with Gasteiger partial charge in [-0.15, -0.1) is 0 Å². The van der Waals surface area contributed by atoms with Gasteiger partial charge < -0.3 is 0 Å². The number of hydrogen-bond donors (Lipinski definition) is 0. The van der Waals surface area contributed by atoms with Crippen LogP contribution in [0.3, 0.4) is 0 Å². The average Bonchev–Trinajstić information content (AvgIpc) is 2.34. The van der Waals surface area contributed by atoms with Gasteiger partial charge in [-0.3, -0.25) is 0 Å². The Kier molecular flexibility index (Phi) is 5.31. The van der Waals surface area contributed by atoms with E-state index >= 15 is 0 Å². The van der Waals surface area contributed by atoms with Gasteiger partial charge in [0.05, 0.1) is 0 Å². The molecule has 0 radical (unpaired) electrons. The molecule has 0 aliphatic rings. The smallest absolute Gasteiger partial charge is 0.0228 e. The second kappa shape index (κ2) is 6.52. The van der Waals surface area contributed by atoms with Crippen molar-refractivity contribution in [3.63, 3.8) is 0 Å². The molecule has 0 saturated heterocycles. The maximum absolute atomic E-state index is 3.91. The van der Waals surface area contributed by atoms with Gasteiger partial charge in [-0.2, -0.15) is 0 Å². The third kappa shape index (κ3) is 2.75. The average molecular weight is 216 g/mol. The SMILES string of the molecule is C=Cc1ccc(CCCC)c(CC)c1CC. The van der Waals surface area contributed by atoms with Gasteiger partial charge in [0.15, 0.2) is 0 Å². The molecular weight excluding hydrogens is 192 g/mol. The fraction of sp³-hybridized carbons (Fsp3) is 0.500. The predicted molar refractivity (Wildman–Crippen MR) is 73.9 cm³/mol. The molecule has 0 nitrogen and oxygen atoms in total. The van der Waals surface area contributed by atoms with Gasteiger partial charge in [0.2, 0.25) is 0 Å². The van der Waals surface area contributed by atoms with Gasteiger partial charge in [-0.1, -0.05) is 52.0 Å². The van der Waals surface area contributed by atoms with Gasteiger partial charge in [-0.05, 0) is 47.9 Å². The summed E-state index contributed by atoms with van der Waals surface area (Å²) in [6.07, 6.45) is 8.04. The minimum atomic E-state index is 1.12. The molecule has 88 valence electrons. The van der Waals surface area contributed by atoms with E-state index in [1.807, 2.05) is 6.08 Å². The van der Waals surface area contributed by atoms with E-state index in [0.29, 0.717) is 0 Å². The quantitative estimate of drug-likeness (QED) is 0.641. The molecule has 0 aromatic heterocycles. The van der Waals surface area contributed by atoms with Crippen LogP contribution in [0.2, 0.25) is 0 Å². The first kappa shape index (κ1) is 13.0. The Morgan fingerprint density at radius 2 is 1.75 bits per heavy atom. The monoisotopic (exact) mass is 216 g/mol. The fourth-order valence-electron chi connectivity index (χ4n) is 2.41. The fourth-order valence-corrected chi connectivity index (χ4v) is 2.41. The first-order valence-electron chi connectivity index (χ1n) is 6.54. The van der Waals surface area contributed by atoms with Gasteiger partial charge in [0, 0.05) is 0 Å². The van der Waals surface area contributed by atoms with Crippen molar-refractivity contribution in [3.8, 4) is 0 Å².